The highest BCUT2D eigenvalue weighted by Gasteiger charge is 2.24. The van der Waals surface area contributed by atoms with Crippen LogP contribution >= 0.6 is 27.3 Å². The second kappa shape index (κ2) is 4.90. The first-order valence-electron chi connectivity index (χ1n) is 4.70. The number of nitrogens with one attached hydrogen (secondary N) is 1. The number of aromatic carboxylic acids is 1. The van der Waals surface area contributed by atoms with Gasteiger partial charge in [-0.1, -0.05) is 0 Å². The molecule has 2 aromatic rings. The molecule has 0 saturated heterocycles. The fourth-order valence-electron chi connectivity index (χ4n) is 1.20. The van der Waals surface area contributed by atoms with Gasteiger partial charge in [-0.3, -0.25) is 0 Å². The summed E-state index contributed by atoms with van der Waals surface area (Å²) in [6.07, 6.45) is 1.20. The molecule has 102 valence electrons. The molecule has 0 aliphatic heterocycles. The summed E-state index contributed by atoms with van der Waals surface area (Å²) in [7, 11) is -2.40. The van der Waals surface area contributed by atoms with Crippen LogP contribution in [0.2, 0.25) is 0 Å². The van der Waals surface area contributed by atoms with Crippen LogP contribution in [0.3, 0.4) is 0 Å². The van der Waals surface area contributed by atoms with Gasteiger partial charge in [0, 0.05) is 7.05 Å². The largest absolute Gasteiger partial charge is 0.477 e. The van der Waals surface area contributed by atoms with Crippen LogP contribution in [-0.4, -0.2) is 34.3 Å². The highest BCUT2D eigenvalue weighted by molar-refractivity contribution is 9.11. The number of thiophene rings is 1. The van der Waals surface area contributed by atoms with Crippen molar-refractivity contribution in [3.05, 3.63) is 21.1 Å². The lowest BCUT2D eigenvalue weighted by Crippen LogP contribution is -2.16. The molecule has 2 N–H and O–H groups in total. The van der Waals surface area contributed by atoms with E-state index in [2.05, 4.69) is 30.7 Å². The summed E-state index contributed by atoms with van der Waals surface area (Å²) in [6, 6.07) is 1.08. The van der Waals surface area contributed by atoms with E-state index in [0.29, 0.717) is 0 Å². The monoisotopic (exact) mass is 366 g/mol. The number of anilines is 1. The Labute approximate surface area is 120 Å². The molecule has 0 atom stereocenters. The molecule has 0 aliphatic rings. The Morgan fingerprint density at radius 1 is 1.58 bits per heavy atom. The number of rotatable bonds is 4. The molecule has 0 spiro atoms. The number of aromatic nitrogens is 3. The van der Waals surface area contributed by atoms with Crippen LogP contribution < -0.4 is 4.72 Å². The van der Waals surface area contributed by atoms with E-state index < -0.39 is 16.0 Å². The third-order valence-electron chi connectivity index (χ3n) is 2.09. The van der Waals surface area contributed by atoms with Gasteiger partial charge in [0.05, 0.1) is 3.79 Å². The molecular weight excluding hydrogens is 360 g/mol. The standard InChI is InChI=1S/C8H7BrN4O4S2/c1-13-8(10-3-11-13)12-19(16,17)5-2-4(7(14)15)18-6(5)9/h2-3H,1H3,(H,14,15)(H,10,11,12). The molecule has 19 heavy (non-hydrogen) atoms. The van der Waals surface area contributed by atoms with Crippen molar-refractivity contribution in [2.45, 2.75) is 4.90 Å². The van der Waals surface area contributed by atoms with E-state index in [9.17, 15) is 13.2 Å². The quantitative estimate of drug-likeness (QED) is 0.838. The van der Waals surface area contributed by atoms with Crippen LogP contribution in [0.25, 0.3) is 0 Å². The normalized spacial score (nSPS) is 11.5. The first-order chi connectivity index (χ1) is 8.81. The van der Waals surface area contributed by atoms with Gasteiger partial charge in [0.2, 0.25) is 5.95 Å². The van der Waals surface area contributed by atoms with Crippen LogP contribution in [0.5, 0.6) is 0 Å². The zero-order chi connectivity index (χ0) is 14.2. The van der Waals surface area contributed by atoms with Crippen molar-refractivity contribution in [3.8, 4) is 0 Å². The number of halogens is 1. The Morgan fingerprint density at radius 3 is 2.74 bits per heavy atom. The summed E-state index contributed by atoms with van der Waals surface area (Å²) in [5.41, 5.74) is 0. The minimum Gasteiger partial charge on any atom is -0.477 e. The molecule has 0 radical (unpaired) electrons. The fourth-order valence-corrected chi connectivity index (χ4v) is 4.65. The fraction of sp³-hybridized carbons (Fsp3) is 0.125. The summed E-state index contributed by atoms with van der Waals surface area (Å²) in [5, 5.41) is 12.6. The van der Waals surface area contributed by atoms with Crippen LogP contribution in [-0.2, 0) is 17.1 Å². The minimum absolute atomic E-state index is 0.0370. The molecule has 0 bridgehead atoms. The summed E-state index contributed by atoms with van der Waals surface area (Å²) in [4.78, 5) is 14.3. The molecule has 8 nitrogen and oxygen atoms in total. The van der Waals surface area contributed by atoms with Gasteiger partial charge in [0.1, 0.15) is 16.1 Å². The zero-order valence-corrected chi connectivity index (χ0v) is 12.6. The van der Waals surface area contributed by atoms with Crippen molar-refractivity contribution in [3.63, 3.8) is 0 Å². The number of aryl methyl sites for hydroxylation is 1. The zero-order valence-electron chi connectivity index (χ0n) is 9.36. The maximum absolute atomic E-state index is 12.1. The van der Waals surface area contributed by atoms with Crippen molar-refractivity contribution in [2.75, 3.05) is 4.72 Å². The second-order valence-corrected chi connectivity index (χ2v) is 7.39. The lowest BCUT2D eigenvalue weighted by atomic mass is 10.5. The average Bonchev–Trinajstić information content (AvgIpc) is 2.86. The number of hydrogen-bond acceptors (Lipinski definition) is 6. The Balaban J connectivity index is 2.40. The molecule has 0 saturated carbocycles. The van der Waals surface area contributed by atoms with Crippen LogP contribution in [0.4, 0.5) is 5.95 Å². The lowest BCUT2D eigenvalue weighted by Gasteiger charge is -2.05. The maximum Gasteiger partial charge on any atom is 0.345 e. The van der Waals surface area contributed by atoms with Gasteiger partial charge in [-0.25, -0.2) is 22.6 Å². The molecule has 2 aromatic heterocycles. The smallest absolute Gasteiger partial charge is 0.345 e. The molecule has 0 amide bonds. The summed E-state index contributed by atoms with van der Waals surface area (Å²) in [6.45, 7) is 0. The van der Waals surface area contributed by atoms with Gasteiger partial charge in [-0.15, -0.1) is 11.3 Å². The molecule has 2 heterocycles. The number of carboxylic acid groups (broad SMARTS) is 1. The Bertz CT molecular complexity index is 736. The summed E-state index contributed by atoms with van der Waals surface area (Å²) < 4.78 is 27.9. The van der Waals surface area contributed by atoms with E-state index >= 15 is 0 Å². The molecule has 0 aliphatic carbocycles. The van der Waals surface area contributed by atoms with Gasteiger partial charge < -0.3 is 5.11 Å². The van der Waals surface area contributed by atoms with Gasteiger partial charge in [0.15, 0.2) is 0 Å². The number of nitrogens with zero attached hydrogens (tertiary/aromatic N) is 3. The second-order valence-electron chi connectivity index (χ2n) is 3.37. The van der Waals surface area contributed by atoms with Gasteiger partial charge in [-0.05, 0) is 22.0 Å². The number of carbonyl (C=O) groups is 1. The van der Waals surface area contributed by atoms with E-state index in [1.165, 1.54) is 18.1 Å². The molecule has 11 heteroatoms. The third-order valence-corrected chi connectivity index (χ3v) is 5.66. The third kappa shape index (κ3) is 2.77. The lowest BCUT2D eigenvalue weighted by molar-refractivity contribution is 0.0702. The molecule has 0 unspecified atom stereocenters. The van der Waals surface area contributed by atoms with E-state index in [1.807, 2.05) is 0 Å². The average molecular weight is 367 g/mol. The Kier molecular flexibility index (Phi) is 3.60. The molecule has 0 aromatic carbocycles. The SMILES string of the molecule is Cn1ncnc1NS(=O)(=O)c1cc(C(=O)O)sc1Br. The van der Waals surface area contributed by atoms with Crippen molar-refractivity contribution < 1.29 is 18.3 Å². The highest BCUT2D eigenvalue weighted by atomic mass is 79.9. The Hall–Kier alpha value is -1.46. The predicted molar refractivity (Wildman–Crippen MR) is 70.8 cm³/mol. The Morgan fingerprint density at radius 2 is 2.26 bits per heavy atom. The van der Waals surface area contributed by atoms with Crippen LogP contribution in [0, 0.1) is 0 Å². The van der Waals surface area contributed by atoms with Crippen molar-refractivity contribution >= 4 is 49.2 Å². The van der Waals surface area contributed by atoms with E-state index in [0.717, 1.165) is 17.4 Å². The van der Waals surface area contributed by atoms with E-state index in [1.54, 1.807) is 0 Å². The van der Waals surface area contributed by atoms with Gasteiger partial charge >= 0.3 is 5.97 Å². The van der Waals surface area contributed by atoms with Crippen molar-refractivity contribution in [1.82, 2.24) is 14.8 Å². The van der Waals surface area contributed by atoms with Gasteiger partial charge in [-0.2, -0.15) is 10.1 Å². The first kappa shape index (κ1) is 14.0. The first-order valence-corrected chi connectivity index (χ1v) is 7.80. The van der Waals surface area contributed by atoms with E-state index in [4.69, 9.17) is 5.11 Å². The molecule has 2 rings (SSSR count). The molecule has 0 fully saturated rings. The summed E-state index contributed by atoms with van der Waals surface area (Å²) in [5.74, 6) is -1.15. The maximum atomic E-state index is 12.1. The predicted octanol–water partition coefficient (Wildman–Crippen LogP) is 1.14. The van der Waals surface area contributed by atoms with Crippen LogP contribution in [0.1, 0.15) is 9.67 Å². The highest BCUT2D eigenvalue weighted by Crippen LogP contribution is 2.32. The van der Waals surface area contributed by atoms with Crippen LogP contribution in [0.15, 0.2) is 21.1 Å². The number of hydrogen-bond donors (Lipinski definition) is 2. The number of sulfonamides is 1. The molecular formula is C8H7BrN4O4S2. The minimum atomic E-state index is -3.92. The van der Waals surface area contributed by atoms with Crippen molar-refractivity contribution in [1.29, 1.82) is 0 Å². The number of carboxylic acids is 1. The summed E-state index contributed by atoms with van der Waals surface area (Å²) >= 11 is 3.86. The van der Waals surface area contributed by atoms with Gasteiger partial charge in [0.25, 0.3) is 10.0 Å². The van der Waals surface area contributed by atoms with Crippen molar-refractivity contribution in [2.24, 2.45) is 7.05 Å². The van der Waals surface area contributed by atoms with E-state index in [-0.39, 0.29) is 19.5 Å². The topological polar surface area (TPSA) is 114 Å².